The lowest BCUT2D eigenvalue weighted by molar-refractivity contribution is -0.137. The summed E-state index contributed by atoms with van der Waals surface area (Å²) in [5.41, 5.74) is 2.71. The Morgan fingerprint density at radius 2 is 1.73 bits per heavy atom. The number of aromatic nitrogens is 4. The van der Waals surface area contributed by atoms with Crippen molar-refractivity contribution in [2.45, 2.75) is 26.9 Å². The molecule has 0 aliphatic heterocycles. The average Bonchev–Trinajstić information content (AvgIpc) is 3.16. The Kier molecular flexibility index (Phi) is 5.99. The van der Waals surface area contributed by atoms with E-state index in [9.17, 15) is 18.0 Å². The first kappa shape index (κ1) is 24.2. The van der Waals surface area contributed by atoms with Crippen molar-refractivity contribution in [1.82, 2.24) is 19.2 Å². The Morgan fingerprint density at radius 3 is 2.46 bits per heavy atom. The number of nitrogens with zero attached hydrogens (tertiary/aromatic N) is 5. The van der Waals surface area contributed by atoms with Crippen LogP contribution in [0, 0.1) is 20.8 Å². The first-order chi connectivity index (χ1) is 17.6. The largest absolute Gasteiger partial charge is 0.416 e. The zero-order chi connectivity index (χ0) is 26.3. The van der Waals surface area contributed by atoms with Crippen molar-refractivity contribution >= 4 is 17.1 Å². The average molecular weight is 502 g/mol. The predicted octanol–water partition coefficient (Wildman–Crippen LogP) is 6.08. The van der Waals surface area contributed by atoms with E-state index >= 15 is 0 Å². The molecule has 0 N–H and O–H groups in total. The molecule has 186 valence electrons. The number of para-hydroxylation sites is 1. The van der Waals surface area contributed by atoms with Gasteiger partial charge in [0.05, 0.1) is 22.7 Å². The number of aryl methyl sites for hydroxylation is 2. The minimum Gasteiger partial charge on any atom is -0.303 e. The molecule has 0 aliphatic rings. The van der Waals surface area contributed by atoms with E-state index in [2.05, 4.69) is 15.1 Å². The van der Waals surface area contributed by atoms with E-state index in [1.54, 1.807) is 30.5 Å². The molecule has 0 saturated heterocycles. The van der Waals surface area contributed by atoms with Crippen molar-refractivity contribution in [3.63, 3.8) is 0 Å². The number of hydrogen-bond acceptors (Lipinski definition) is 4. The minimum atomic E-state index is -4.54. The number of rotatable bonds is 4. The second-order valence-electron chi connectivity index (χ2n) is 8.75. The normalized spacial score (nSPS) is 12.1. The Bertz CT molecular complexity index is 1710. The molecule has 0 aliphatic carbocycles. The fourth-order valence-corrected chi connectivity index (χ4v) is 4.24. The van der Waals surface area contributed by atoms with Crippen LogP contribution in [0.4, 0.5) is 13.2 Å². The van der Waals surface area contributed by atoms with E-state index < -0.39 is 17.3 Å². The molecule has 37 heavy (non-hydrogen) atoms. The molecule has 0 fully saturated rings. The maximum atomic E-state index is 13.4. The van der Waals surface area contributed by atoms with Crippen LogP contribution in [0.15, 0.2) is 82.8 Å². The molecule has 0 bridgehead atoms. The Hall–Kier alpha value is -4.53. The molecule has 0 spiro atoms. The van der Waals surface area contributed by atoms with Gasteiger partial charge in [0.25, 0.3) is 5.56 Å². The van der Waals surface area contributed by atoms with Crippen molar-refractivity contribution in [2.75, 3.05) is 0 Å². The van der Waals surface area contributed by atoms with E-state index in [1.165, 1.54) is 18.3 Å². The van der Waals surface area contributed by atoms with E-state index in [0.29, 0.717) is 10.9 Å². The minimum absolute atomic E-state index is 0.0139. The van der Waals surface area contributed by atoms with E-state index in [1.807, 2.05) is 43.5 Å². The van der Waals surface area contributed by atoms with Crippen LogP contribution in [0.25, 0.3) is 28.1 Å². The predicted molar refractivity (Wildman–Crippen MR) is 137 cm³/mol. The van der Waals surface area contributed by atoms with Gasteiger partial charge in [0, 0.05) is 28.7 Å². The standard InChI is InChI=1S/C28H22F3N5O/c1-17-11-12-25(32-15-17)35-18(2)13-21(19(35)3)16-33-36-26(20-7-6-8-22(14-20)28(29,30)31)34-24-10-5-4-9-23(24)27(36)37/h4-16H,1-3H3. The molecule has 0 amide bonds. The lowest BCUT2D eigenvalue weighted by atomic mass is 10.1. The van der Waals surface area contributed by atoms with Crippen LogP contribution in [0.2, 0.25) is 0 Å². The zero-order valence-electron chi connectivity index (χ0n) is 20.3. The molecule has 0 unspecified atom stereocenters. The molecular weight excluding hydrogens is 479 g/mol. The SMILES string of the molecule is Cc1ccc(-n2c(C)cc(C=Nn3c(-c4cccc(C(F)(F)F)c4)nc4ccccc4c3=O)c2C)nc1. The molecule has 3 heterocycles. The fraction of sp³-hybridized carbons (Fsp3) is 0.143. The summed E-state index contributed by atoms with van der Waals surface area (Å²) in [6.45, 7) is 5.80. The summed E-state index contributed by atoms with van der Waals surface area (Å²) < 4.78 is 43.2. The molecular formula is C28H22F3N5O. The number of benzene rings is 2. The number of halogens is 3. The highest BCUT2D eigenvalue weighted by Crippen LogP contribution is 2.32. The number of hydrogen-bond donors (Lipinski definition) is 0. The molecule has 0 atom stereocenters. The Balaban J connectivity index is 1.67. The Labute approximate surface area is 210 Å². The highest BCUT2D eigenvalue weighted by molar-refractivity contribution is 5.83. The maximum absolute atomic E-state index is 13.4. The van der Waals surface area contributed by atoms with Crippen molar-refractivity contribution in [2.24, 2.45) is 5.10 Å². The van der Waals surface area contributed by atoms with Crippen molar-refractivity contribution in [1.29, 1.82) is 0 Å². The van der Waals surface area contributed by atoms with Crippen LogP contribution in [0.1, 0.15) is 28.1 Å². The molecule has 9 heteroatoms. The number of alkyl halides is 3. The van der Waals surface area contributed by atoms with Crippen LogP contribution < -0.4 is 5.56 Å². The first-order valence-corrected chi connectivity index (χ1v) is 11.5. The van der Waals surface area contributed by atoms with Gasteiger partial charge in [-0.3, -0.25) is 4.79 Å². The molecule has 5 aromatic rings. The van der Waals surface area contributed by atoms with Crippen molar-refractivity contribution in [3.05, 3.63) is 111 Å². The van der Waals surface area contributed by atoms with E-state index in [-0.39, 0.29) is 11.4 Å². The van der Waals surface area contributed by atoms with Gasteiger partial charge in [-0.25, -0.2) is 9.97 Å². The van der Waals surface area contributed by atoms with Gasteiger partial charge >= 0.3 is 6.18 Å². The van der Waals surface area contributed by atoms with Crippen LogP contribution in [-0.4, -0.2) is 25.4 Å². The van der Waals surface area contributed by atoms with Gasteiger partial charge in [-0.1, -0.05) is 30.3 Å². The summed E-state index contributed by atoms with van der Waals surface area (Å²) in [6, 6.07) is 17.2. The van der Waals surface area contributed by atoms with Crippen LogP contribution in [0.3, 0.4) is 0 Å². The smallest absolute Gasteiger partial charge is 0.303 e. The second-order valence-corrected chi connectivity index (χ2v) is 8.75. The lowest BCUT2D eigenvalue weighted by Crippen LogP contribution is -2.20. The highest BCUT2D eigenvalue weighted by Gasteiger charge is 2.31. The molecule has 3 aromatic heterocycles. The third-order valence-corrected chi connectivity index (χ3v) is 6.11. The van der Waals surface area contributed by atoms with Gasteiger partial charge in [-0.2, -0.15) is 22.9 Å². The lowest BCUT2D eigenvalue weighted by Gasteiger charge is -2.12. The highest BCUT2D eigenvalue weighted by atomic mass is 19.4. The fourth-order valence-electron chi connectivity index (χ4n) is 4.24. The number of pyridine rings is 1. The van der Waals surface area contributed by atoms with E-state index in [0.717, 1.165) is 45.1 Å². The zero-order valence-corrected chi connectivity index (χ0v) is 20.3. The topological polar surface area (TPSA) is 65.1 Å². The van der Waals surface area contributed by atoms with Gasteiger partial charge in [0.1, 0.15) is 5.82 Å². The van der Waals surface area contributed by atoms with Gasteiger partial charge in [0.15, 0.2) is 5.82 Å². The third kappa shape index (κ3) is 4.55. The van der Waals surface area contributed by atoms with Crippen molar-refractivity contribution in [3.8, 4) is 17.2 Å². The quantitative estimate of drug-likeness (QED) is 0.281. The summed E-state index contributed by atoms with van der Waals surface area (Å²) in [4.78, 5) is 22.4. The number of fused-ring (bicyclic) bond motifs is 1. The van der Waals surface area contributed by atoms with Gasteiger partial charge in [-0.15, -0.1) is 0 Å². The second kappa shape index (κ2) is 9.16. The molecule has 0 saturated carbocycles. The molecule has 5 rings (SSSR count). The Morgan fingerprint density at radius 1 is 0.946 bits per heavy atom. The molecule has 2 aromatic carbocycles. The maximum Gasteiger partial charge on any atom is 0.416 e. The van der Waals surface area contributed by atoms with E-state index in [4.69, 9.17) is 0 Å². The first-order valence-electron chi connectivity index (χ1n) is 11.5. The van der Waals surface area contributed by atoms with Crippen molar-refractivity contribution < 1.29 is 13.2 Å². The monoisotopic (exact) mass is 501 g/mol. The van der Waals surface area contributed by atoms with Gasteiger partial charge < -0.3 is 4.57 Å². The molecule has 6 nitrogen and oxygen atoms in total. The summed E-state index contributed by atoms with van der Waals surface area (Å²) in [5, 5.41) is 4.73. The summed E-state index contributed by atoms with van der Waals surface area (Å²) >= 11 is 0. The van der Waals surface area contributed by atoms with Crippen LogP contribution >= 0.6 is 0 Å². The van der Waals surface area contributed by atoms with Crippen LogP contribution in [-0.2, 0) is 6.18 Å². The summed E-state index contributed by atoms with van der Waals surface area (Å²) in [5.74, 6) is 0.759. The van der Waals surface area contributed by atoms with Crippen LogP contribution in [0.5, 0.6) is 0 Å². The van der Waals surface area contributed by atoms with Gasteiger partial charge in [-0.05, 0) is 62.7 Å². The summed E-state index contributed by atoms with van der Waals surface area (Å²) in [7, 11) is 0. The third-order valence-electron chi connectivity index (χ3n) is 6.11. The summed E-state index contributed by atoms with van der Waals surface area (Å²) in [6.07, 6.45) is -1.24. The van der Waals surface area contributed by atoms with Gasteiger partial charge in [0.2, 0.25) is 0 Å². The molecule has 0 radical (unpaired) electrons.